The molecule has 5 nitrogen and oxygen atoms in total. The molecular weight excluding hydrogens is 276 g/mol. The van der Waals surface area contributed by atoms with Crippen LogP contribution in [0.15, 0.2) is 18.6 Å². The molecule has 0 aliphatic heterocycles. The second kappa shape index (κ2) is 5.69. The highest BCUT2D eigenvalue weighted by atomic mass is 79.9. The Morgan fingerprint density at radius 1 is 1.44 bits per heavy atom. The first-order chi connectivity index (χ1) is 7.52. The average Bonchev–Trinajstić information content (AvgIpc) is 2.27. The minimum Gasteiger partial charge on any atom is -0.462 e. The van der Waals surface area contributed by atoms with E-state index in [-0.39, 0.29) is 11.8 Å². The van der Waals surface area contributed by atoms with E-state index in [0.29, 0.717) is 0 Å². The number of ether oxygens (including phenoxy) is 1. The molecule has 1 unspecified atom stereocenters. The zero-order valence-electron chi connectivity index (χ0n) is 8.88. The van der Waals surface area contributed by atoms with Crippen molar-refractivity contribution >= 4 is 27.7 Å². The van der Waals surface area contributed by atoms with Gasteiger partial charge in [-0.15, -0.1) is 0 Å². The lowest BCUT2D eigenvalue weighted by molar-refractivity contribution is -0.145. The summed E-state index contributed by atoms with van der Waals surface area (Å²) in [6.07, 6.45) is 2.43. The largest absolute Gasteiger partial charge is 0.462 e. The van der Waals surface area contributed by atoms with Crippen molar-refractivity contribution in [2.45, 2.75) is 24.8 Å². The van der Waals surface area contributed by atoms with E-state index in [4.69, 9.17) is 4.74 Å². The number of aromatic nitrogens is 2. The van der Waals surface area contributed by atoms with Gasteiger partial charge in [0.25, 0.3) is 0 Å². The van der Waals surface area contributed by atoms with Gasteiger partial charge in [-0.2, -0.15) is 0 Å². The van der Waals surface area contributed by atoms with Crippen molar-refractivity contribution in [3.05, 3.63) is 24.3 Å². The smallest absolute Gasteiger partial charge is 0.328 e. The molecule has 0 saturated heterocycles. The van der Waals surface area contributed by atoms with Gasteiger partial charge in [0.15, 0.2) is 4.83 Å². The number of Topliss-reactive ketones (excluding diaryl/α,β-unsaturated/α-hetero) is 1. The summed E-state index contributed by atoms with van der Waals surface area (Å²) in [5, 5.41) is 0. The van der Waals surface area contributed by atoms with Crippen LogP contribution < -0.4 is 0 Å². The van der Waals surface area contributed by atoms with Crippen LogP contribution in [0.25, 0.3) is 0 Å². The lowest BCUT2D eigenvalue weighted by Crippen LogP contribution is -2.29. The Hall–Kier alpha value is -1.30. The molecule has 1 heterocycles. The van der Waals surface area contributed by atoms with Crippen molar-refractivity contribution in [3.63, 3.8) is 0 Å². The molecule has 0 aliphatic rings. The summed E-state index contributed by atoms with van der Waals surface area (Å²) >= 11 is 2.99. The maximum Gasteiger partial charge on any atom is 0.328 e. The molecule has 0 radical (unpaired) electrons. The number of esters is 1. The Kier molecular flexibility index (Phi) is 4.54. The van der Waals surface area contributed by atoms with E-state index in [1.165, 1.54) is 18.6 Å². The van der Waals surface area contributed by atoms with Crippen LogP contribution in [0.3, 0.4) is 0 Å². The van der Waals surface area contributed by atoms with Crippen molar-refractivity contribution in [3.8, 4) is 0 Å². The Morgan fingerprint density at radius 3 is 2.62 bits per heavy atom. The van der Waals surface area contributed by atoms with Crippen LogP contribution in [0.1, 0.15) is 24.3 Å². The molecule has 1 aromatic heterocycles. The minimum absolute atomic E-state index is 0.178. The zero-order chi connectivity index (χ0) is 12.1. The predicted molar refractivity (Wildman–Crippen MR) is 60.3 cm³/mol. The minimum atomic E-state index is -1.02. The number of rotatable bonds is 4. The van der Waals surface area contributed by atoms with Crippen LogP contribution in [0.4, 0.5) is 0 Å². The number of carbonyl (C=O) groups excluding carboxylic acids is 2. The molecule has 1 atom stereocenters. The molecule has 0 aliphatic carbocycles. The summed E-state index contributed by atoms with van der Waals surface area (Å²) in [7, 11) is 0. The third-order valence-electron chi connectivity index (χ3n) is 1.62. The van der Waals surface area contributed by atoms with Crippen molar-refractivity contribution in [2.24, 2.45) is 0 Å². The highest BCUT2D eigenvalue weighted by molar-refractivity contribution is 9.10. The van der Waals surface area contributed by atoms with Crippen LogP contribution in [0, 0.1) is 0 Å². The molecule has 0 bridgehead atoms. The second-order valence-corrected chi connectivity index (χ2v) is 4.22. The molecule has 6 heteroatoms. The van der Waals surface area contributed by atoms with E-state index in [1.807, 2.05) is 0 Å². The van der Waals surface area contributed by atoms with Gasteiger partial charge in [-0.1, -0.05) is 15.9 Å². The first kappa shape index (κ1) is 12.8. The molecule has 86 valence electrons. The van der Waals surface area contributed by atoms with Crippen LogP contribution in [-0.2, 0) is 9.53 Å². The van der Waals surface area contributed by atoms with E-state index in [2.05, 4.69) is 25.9 Å². The molecule has 0 spiro atoms. The lowest BCUT2D eigenvalue weighted by atomic mass is 10.2. The molecule has 0 fully saturated rings. The number of hydrogen-bond donors (Lipinski definition) is 0. The predicted octanol–water partition coefficient (Wildman–Crippen LogP) is 1.37. The summed E-state index contributed by atoms with van der Waals surface area (Å²) in [5.74, 6) is -1.05. The SMILES string of the molecule is CC(C)OC(=O)C(Br)C(=O)c1ccncn1. The van der Waals surface area contributed by atoms with Gasteiger partial charge >= 0.3 is 5.97 Å². The molecular formula is C10H11BrN2O3. The summed E-state index contributed by atoms with van der Waals surface area (Å²) < 4.78 is 4.90. The number of hydrogen-bond acceptors (Lipinski definition) is 5. The monoisotopic (exact) mass is 286 g/mol. The lowest BCUT2D eigenvalue weighted by Gasteiger charge is -2.11. The van der Waals surface area contributed by atoms with Gasteiger partial charge in [0.05, 0.1) is 6.10 Å². The van der Waals surface area contributed by atoms with E-state index in [1.54, 1.807) is 13.8 Å². The summed E-state index contributed by atoms with van der Waals surface area (Å²) in [5.41, 5.74) is 0.178. The normalized spacial score (nSPS) is 12.2. The fraction of sp³-hybridized carbons (Fsp3) is 0.400. The third kappa shape index (κ3) is 3.37. The molecule has 16 heavy (non-hydrogen) atoms. The van der Waals surface area contributed by atoms with E-state index >= 15 is 0 Å². The third-order valence-corrected chi connectivity index (χ3v) is 2.41. The number of carbonyl (C=O) groups is 2. The van der Waals surface area contributed by atoms with Crippen LogP contribution in [0.2, 0.25) is 0 Å². The molecule has 1 aromatic rings. The first-order valence-electron chi connectivity index (χ1n) is 4.67. The van der Waals surface area contributed by atoms with Gasteiger partial charge in [0.2, 0.25) is 5.78 Å². The van der Waals surface area contributed by atoms with Gasteiger partial charge < -0.3 is 4.74 Å². The Balaban J connectivity index is 2.72. The van der Waals surface area contributed by atoms with Gasteiger partial charge in [0, 0.05) is 6.20 Å². The second-order valence-electron chi connectivity index (χ2n) is 3.31. The molecule has 0 N–H and O–H groups in total. The highest BCUT2D eigenvalue weighted by Gasteiger charge is 2.27. The van der Waals surface area contributed by atoms with Crippen LogP contribution in [-0.4, -0.2) is 32.7 Å². The van der Waals surface area contributed by atoms with Crippen molar-refractivity contribution in [1.29, 1.82) is 0 Å². The molecule has 1 rings (SSSR count). The van der Waals surface area contributed by atoms with Gasteiger partial charge in [-0.25, -0.2) is 9.97 Å². The van der Waals surface area contributed by atoms with E-state index in [9.17, 15) is 9.59 Å². The molecule has 0 aromatic carbocycles. The summed E-state index contributed by atoms with van der Waals surface area (Å²) in [6.45, 7) is 3.43. The summed E-state index contributed by atoms with van der Waals surface area (Å²) in [6, 6.07) is 1.44. The number of halogens is 1. The standard InChI is InChI=1S/C10H11BrN2O3/c1-6(2)16-10(15)8(11)9(14)7-3-4-12-5-13-7/h3-6,8H,1-2H3. The van der Waals surface area contributed by atoms with E-state index < -0.39 is 16.6 Å². The Morgan fingerprint density at radius 2 is 2.12 bits per heavy atom. The van der Waals surface area contributed by atoms with Crippen molar-refractivity contribution in [2.75, 3.05) is 0 Å². The first-order valence-corrected chi connectivity index (χ1v) is 5.58. The van der Waals surface area contributed by atoms with Crippen molar-refractivity contribution < 1.29 is 14.3 Å². The average molecular weight is 287 g/mol. The number of ketones is 1. The molecule has 0 amide bonds. The van der Waals surface area contributed by atoms with Crippen LogP contribution >= 0.6 is 15.9 Å². The fourth-order valence-electron chi connectivity index (χ4n) is 0.965. The Bertz CT molecular complexity index is 381. The number of nitrogens with zero attached hydrogens (tertiary/aromatic N) is 2. The van der Waals surface area contributed by atoms with Gasteiger partial charge in [-0.3, -0.25) is 9.59 Å². The topological polar surface area (TPSA) is 69.2 Å². The van der Waals surface area contributed by atoms with Crippen LogP contribution in [0.5, 0.6) is 0 Å². The highest BCUT2D eigenvalue weighted by Crippen LogP contribution is 2.10. The summed E-state index contributed by atoms with van der Waals surface area (Å²) in [4.78, 5) is 29.6. The zero-order valence-corrected chi connectivity index (χ0v) is 10.5. The van der Waals surface area contributed by atoms with Crippen molar-refractivity contribution in [1.82, 2.24) is 9.97 Å². The van der Waals surface area contributed by atoms with Gasteiger partial charge in [0.1, 0.15) is 12.0 Å². The maximum absolute atomic E-state index is 11.7. The molecule has 0 saturated carbocycles. The van der Waals surface area contributed by atoms with E-state index in [0.717, 1.165) is 0 Å². The Labute approximate surface area is 101 Å². The number of alkyl halides is 1. The fourth-order valence-corrected chi connectivity index (χ4v) is 1.31. The quantitative estimate of drug-likeness (QED) is 0.362. The maximum atomic E-state index is 11.7. The van der Waals surface area contributed by atoms with Gasteiger partial charge in [-0.05, 0) is 19.9 Å².